The lowest BCUT2D eigenvalue weighted by atomic mass is 10.2. The average Bonchev–Trinajstić information content (AvgIpc) is 2.41. The Morgan fingerprint density at radius 1 is 1.27 bits per heavy atom. The van der Waals surface area contributed by atoms with Crippen molar-refractivity contribution in [2.24, 2.45) is 0 Å². The van der Waals surface area contributed by atoms with Crippen LogP contribution >= 0.6 is 0 Å². The summed E-state index contributed by atoms with van der Waals surface area (Å²) < 4.78 is 26.2. The Balaban J connectivity index is 2.69. The first-order valence-electron chi connectivity index (χ1n) is 6.47. The molecule has 0 fully saturated rings. The van der Waals surface area contributed by atoms with Gasteiger partial charge < -0.3 is 15.3 Å². The summed E-state index contributed by atoms with van der Waals surface area (Å²) >= 11 is 0. The first-order valence-corrected chi connectivity index (χ1v) is 6.47. The van der Waals surface area contributed by atoms with Crippen molar-refractivity contribution in [1.82, 2.24) is 10.2 Å². The Morgan fingerprint density at radius 3 is 2.41 bits per heavy atom. The lowest BCUT2D eigenvalue weighted by molar-refractivity contribution is -0.145. The van der Waals surface area contributed by atoms with Gasteiger partial charge in [-0.15, -0.1) is 0 Å². The third-order valence-electron chi connectivity index (χ3n) is 2.83. The molecule has 0 aromatic heterocycles. The van der Waals surface area contributed by atoms with E-state index >= 15 is 0 Å². The zero-order chi connectivity index (χ0) is 16.9. The molecule has 0 saturated carbocycles. The summed E-state index contributed by atoms with van der Waals surface area (Å²) in [5.41, 5.74) is -0.400. The highest BCUT2D eigenvalue weighted by atomic mass is 19.1. The maximum Gasteiger partial charge on any atom is 0.323 e. The van der Waals surface area contributed by atoms with Gasteiger partial charge in [0.05, 0.1) is 12.1 Å². The molecule has 0 aliphatic rings. The van der Waals surface area contributed by atoms with E-state index in [1.807, 2.05) is 0 Å². The van der Waals surface area contributed by atoms with E-state index in [1.165, 1.54) is 0 Å². The van der Waals surface area contributed by atoms with Crippen molar-refractivity contribution in [2.45, 2.75) is 19.9 Å². The molecule has 0 saturated heterocycles. The zero-order valence-corrected chi connectivity index (χ0v) is 12.1. The number of carbonyl (C=O) groups excluding carboxylic acids is 2. The number of nitrogens with one attached hydrogen (secondary N) is 1. The number of rotatable bonds is 6. The molecular weight excluding hydrogens is 298 g/mol. The molecule has 2 N–H and O–H groups in total. The van der Waals surface area contributed by atoms with E-state index in [2.05, 4.69) is 5.32 Å². The van der Waals surface area contributed by atoms with Gasteiger partial charge in [0.2, 0.25) is 5.91 Å². The number of hydrogen-bond donors (Lipinski definition) is 2. The van der Waals surface area contributed by atoms with Gasteiger partial charge in [0.25, 0.3) is 5.91 Å². The predicted molar refractivity (Wildman–Crippen MR) is 73.2 cm³/mol. The molecule has 0 heterocycles. The molecular formula is C14H16F2N2O4. The fourth-order valence-corrected chi connectivity index (χ4v) is 1.73. The van der Waals surface area contributed by atoms with Crippen LogP contribution in [-0.4, -0.2) is 46.9 Å². The number of hydrogen-bond acceptors (Lipinski definition) is 3. The molecule has 0 aliphatic heterocycles. The molecule has 2 amide bonds. The molecule has 0 aliphatic carbocycles. The average molecular weight is 314 g/mol. The fraction of sp³-hybridized carbons (Fsp3) is 0.357. The molecule has 0 atom stereocenters. The summed E-state index contributed by atoms with van der Waals surface area (Å²) in [4.78, 5) is 35.4. The normalized spacial score (nSPS) is 10.4. The second kappa shape index (κ2) is 7.48. The van der Waals surface area contributed by atoms with E-state index < -0.39 is 48.1 Å². The Bertz CT molecular complexity index is 590. The Morgan fingerprint density at radius 2 is 1.91 bits per heavy atom. The van der Waals surface area contributed by atoms with Gasteiger partial charge in [-0.1, -0.05) is 0 Å². The highest BCUT2D eigenvalue weighted by Gasteiger charge is 2.21. The molecule has 1 aromatic carbocycles. The van der Waals surface area contributed by atoms with Crippen molar-refractivity contribution in [1.29, 1.82) is 0 Å². The minimum Gasteiger partial charge on any atom is -0.480 e. The van der Waals surface area contributed by atoms with Crippen LogP contribution in [0.25, 0.3) is 0 Å². The summed E-state index contributed by atoms with van der Waals surface area (Å²) in [6, 6.07) is 2.07. The topological polar surface area (TPSA) is 86.7 Å². The Labute approximate surface area is 125 Å². The van der Waals surface area contributed by atoms with Crippen LogP contribution in [0.5, 0.6) is 0 Å². The van der Waals surface area contributed by atoms with Gasteiger partial charge in [-0.3, -0.25) is 14.4 Å². The molecule has 120 valence electrons. The number of carbonyl (C=O) groups is 3. The monoisotopic (exact) mass is 314 g/mol. The minimum atomic E-state index is -1.18. The van der Waals surface area contributed by atoms with Gasteiger partial charge in [-0.2, -0.15) is 0 Å². The SMILES string of the molecule is CC(C)N(CC(=O)O)C(=O)CNC(=O)c1ccc(F)cc1F. The summed E-state index contributed by atoms with van der Waals surface area (Å²) in [6.45, 7) is 2.27. The van der Waals surface area contributed by atoms with Crippen LogP contribution in [0.2, 0.25) is 0 Å². The van der Waals surface area contributed by atoms with Gasteiger partial charge in [0.15, 0.2) is 0 Å². The number of benzene rings is 1. The van der Waals surface area contributed by atoms with Crippen molar-refractivity contribution in [3.63, 3.8) is 0 Å². The first-order chi connectivity index (χ1) is 10.2. The molecule has 0 spiro atoms. The number of nitrogens with zero attached hydrogens (tertiary/aromatic N) is 1. The second-order valence-electron chi connectivity index (χ2n) is 4.82. The van der Waals surface area contributed by atoms with E-state index in [0.717, 1.165) is 17.0 Å². The van der Waals surface area contributed by atoms with Gasteiger partial charge in [0.1, 0.15) is 18.2 Å². The zero-order valence-electron chi connectivity index (χ0n) is 12.1. The summed E-state index contributed by atoms with van der Waals surface area (Å²) in [6.07, 6.45) is 0. The highest BCUT2D eigenvalue weighted by Crippen LogP contribution is 2.09. The van der Waals surface area contributed by atoms with Crippen molar-refractivity contribution in [3.05, 3.63) is 35.4 Å². The predicted octanol–water partition coefficient (Wildman–Crippen LogP) is 1.02. The van der Waals surface area contributed by atoms with Crippen LogP contribution in [0.3, 0.4) is 0 Å². The maximum absolute atomic E-state index is 13.4. The molecule has 0 unspecified atom stereocenters. The van der Waals surface area contributed by atoms with Crippen LogP contribution in [0, 0.1) is 11.6 Å². The molecule has 1 aromatic rings. The van der Waals surface area contributed by atoms with Gasteiger partial charge in [-0.25, -0.2) is 8.78 Å². The largest absolute Gasteiger partial charge is 0.480 e. The number of aliphatic carboxylic acids is 1. The van der Waals surface area contributed by atoms with Crippen LogP contribution in [0.1, 0.15) is 24.2 Å². The van der Waals surface area contributed by atoms with Crippen molar-refractivity contribution in [2.75, 3.05) is 13.1 Å². The Hall–Kier alpha value is -2.51. The highest BCUT2D eigenvalue weighted by molar-refractivity contribution is 5.97. The number of carboxylic acids is 1. The van der Waals surface area contributed by atoms with Crippen LogP contribution in [-0.2, 0) is 9.59 Å². The minimum absolute atomic E-state index is 0.372. The fourth-order valence-electron chi connectivity index (χ4n) is 1.73. The van der Waals surface area contributed by atoms with E-state index in [-0.39, 0.29) is 6.04 Å². The molecule has 0 radical (unpaired) electrons. The second-order valence-corrected chi connectivity index (χ2v) is 4.82. The summed E-state index contributed by atoms with van der Waals surface area (Å²) in [7, 11) is 0. The summed E-state index contributed by atoms with van der Waals surface area (Å²) in [5, 5.41) is 10.9. The van der Waals surface area contributed by atoms with Crippen molar-refractivity contribution in [3.8, 4) is 0 Å². The van der Waals surface area contributed by atoms with E-state index in [0.29, 0.717) is 6.07 Å². The van der Waals surface area contributed by atoms with Crippen molar-refractivity contribution < 1.29 is 28.3 Å². The molecule has 1 rings (SSSR count). The number of carboxylic acid groups (broad SMARTS) is 1. The lowest BCUT2D eigenvalue weighted by Gasteiger charge is -2.24. The molecule has 0 bridgehead atoms. The van der Waals surface area contributed by atoms with Gasteiger partial charge in [0, 0.05) is 12.1 Å². The third-order valence-corrected chi connectivity index (χ3v) is 2.83. The summed E-state index contributed by atoms with van der Waals surface area (Å²) in [5.74, 6) is -4.55. The first kappa shape index (κ1) is 17.5. The Kier molecular flexibility index (Phi) is 5.97. The third kappa shape index (κ3) is 4.80. The van der Waals surface area contributed by atoms with Crippen LogP contribution in [0.4, 0.5) is 8.78 Å². The van der Waals surface area contributed by atoms with Crippen LogP contribution in [0.15, 0.2) is 18.2 Å². The maximum atomic E-state index is 13.4. The number of amides is 2. The molecule has 22 heavy (non-hydrogen) atoms. The van der Waals surface area contributed by atoms with E-state index in [4.69, 9.17) is 5.11 Å². The van der Waals surface area contributed by atoms with Gasteiger partial charge in [-0.05, 0) is 26.0 Å². The van der Waals surface area contributed by atoms with Crippen molar-refractivity contribution >= 4 is 17.8 Å². The standard InChI is InChI=1S/C14H16F2N2O4/c1-8(2)18(7-13(20)21)12(19)6-17-14(22)10-4-3-9(15)5-11(10)16/h3-5,8H,6-7H2,1-2H3,(H,17,22)(H,20,21). The lowest BCUT2D eigenvalue weighted by Crippen LogP contribution is -2.46. The quantitative estimate of drug-likeness (QED) is 0.820. The van der Waals surface area contributed by atoms with E-state index in [9.17, 15) is 23.2 Å². The van der Waals surface area contributed by atoms with Gasteiger partial charge >= 0.3 is 5.97 Å². The number of halogens is 2. The smallest absolute Gasteiger partial charge is 0.323 e. The van der Waals surface area contributed by atoms with Crippen LogP contribution < -0.4 is 5.32 Å². The molecule has 8 heteroatoms. The molecule has 6 nitrogen and oxygen atoms in total. The van der Waals surface area contributed by atoms with E-state index in [1.54, 1.807) is 13.8 Å².